The Hall–Kier alpha value is -1.87. The zero-order valence-corrected chi connectivity index (χ0v) is 8.38. The molecule has 18 heavy (non-hydrogen) atoms. The Balaban J connectivity index is 3.10. The van der Waals surface area contributed by atoms with Crippen LogP contribution in [0.2, 0.25) is 0 Å². The van der Waals surface area contributed by atoms with Crippen molar-refractivity contribution in [3.05, 3.63) is 12.3 Å². The van der Waals surface area contributed by atoms with E-state index in [1.807, 2.05) is 0 Å². The van der Waals surface area contributed by atoms with Crippen molar-refractivity contribution in [2.24, 2.45) is 0 Å². The lowest BCUT2D eigenvalue weighted by Crippen LogP contribution is -2.18. The molecule has 0 aliphatic carbocycles. The summed E-state index contributed by atoms with van der Waals surface area (Å²) in [7, 11) is 0. The van der Waals surface area contributed by atoms with Gasteiger partial charge in [0.05, 0.1) is 0 Å². The van der Waals surface area contributed by atoms with Gasteiger partial charge in [-0.3, -0.25) is 0 Å². The van der Waals surface area contributed by atoms with Crippen LogP contribution in [0.25, 0.3) is 0 Å². The maximum atomic E-state index is 12.0. The van der Waals surface area contributed by atoms with Crippen LogP contribution in [0.1, 0.15) is 0 Å². The van der Waals surface area contributed by atoms with Gasteiger partial charge in [-0.1, -0.05) is 0 Å². The van der Waals surface area contributed by atoms with Crippen LogP contribution in [0.3, 0.4) is 0 Å². The van der Waals surface area contributed by atoms with Crippen LogP contribution in [-0.2, 0) is 0 Å². The van der Waals surface area contributed by atoms with E-state index in [0.29, 0.717) is 6.07 Å². The Morgan fingerprint density at radius 1 is 1.28 bits per heavy atom. The molecule has 0 radical (unpaired) electrons. The molecule has 0 aliphatic rings. The summed E-state index contributed by atoms with van der Waals surface area (Å²) in [4.78, 5) is 3.24. The van der Waals surface area contributed by atoms with Gasteiger partial charge in [0.15, 0.2) is 5.75 Å². The van der Waals surface area contributed by atoms with Crippen molar-refractivity contribution in [2.75, 3.05) is 6.86 Å². The van der Waals surface area contributed by atoms with Crippen molar-refractivity contribution in [3.63, 3.8) is 0 Å². The number of aromatic nitrogens is 1. The van der Waals surface area contributed by atoms with Gasteiger partial charge >= 0.3 is 13.0 Å². The minimum atomic E-state index is -5.13. The highest BCUT2D eigenvalue weighted by Gasteiger charge is 2.34. The lowest BCUT2D eigenvalue weighted by Gasteiger charge is -2.15. The predicted octanol–water partition coefficient (Wildman–Crippen LogP) is 2.89. The molecule has 0 spiro atoms. The summed E-state index contributed by atoms with van der Waals surface area (Å²) in [6.45, 7) is -4.94. The number of ether oxygens (including phenoxy) is 3. The molecule has 0 bridgehead atoms. The average molecular weight is 277 g/mol. The van der Waals surface area contributed by atoms with Gasteiger partial charge in [0.1, 0.15) is 0 Å². The van der Waals surface area contributed by atoms with Crippen LogP contribution in [-0.4, -0.2) is 24.8 Å². The fourth-order valence-electron chi connectivity index (χ4n) is 0.969. The van der Waals surface area contributed by atoms with Crippen molar-refractivity contribution in [3.8, 4) is 17.4 Å². The topological polar surface area (TPSA) is 40.6 Å². The molecule has 1 aromatic heterocycles. The summed E-state index contributed by atoms with van der Waals surface area (Å²) < 4.78 is 83.2. The molecule has 0 atom stereocenters. The molecule has 102 valence electrons. The molecular weight excluding hydrogens is 272 g/mol. The highest BCUT2D eigenvalue weighted by atomic mass is 19.4. The number of halogens is 6. The Morgan fingerprint density at radius 3 is 2.44 bits per heavy atom. The number of hydrogen-bond donors (Lipinski definition) is 0. The van der Waals surface area contributed by atoms with Crippen molar-refractivity contribution in [1.82, 2.24) is 4.98 Å². The number of alkyl halides is 6. The zero-order valence-electron chi connectivity index (χ0n) is 8.38. The first-order chi connectivity index (χ1) is 8.33. The monoisotopic (exact) mass is 277 g/mol. The number of nitrogens with zero attached hydrogens (tertiary/aromatic N) is 1. The van der Waals surface area contributed by atoms with E-state index < -0.39 is 37.2 Å². The lowest BCUT2D eigenvalue weighted by molar-refractivity contribution is -0.275. The van der Waals surface area contributed by atoms with Crippen LogP contribution >= 0.6 is 0 Å². The third kappa shape index (κ3) is 4.18. The van der Waals surface area contributed by atoms with Crippen LogP contribution in [0, 0.1) is 0 Å². The molecule has 0 unspecified atom stereocenters. The Kier molecular flexibility index (Phi) is 4.45. The van der Waals surface area contributed by atoms with Crippen LogP contribution in [0.15, 0.2) is 12.3 Å². The van der Waals surface area contributed by atoms with Crippen molar-refractivity contribution in [1.29, 1.82) is 0 Å². The third-order valence-corrected chi connectivity index (χ3v) is 1.46. The molecule has 4 nitrogen and oxygen atoms in total. The number of rotatable bonds is 5. The Morgan fingerprint density at radius 2 is 1.94 bits per heavy atom. The summed E-state index contributed by atoms with van der Waals surface area (Å²) in [6.07, 6.45) is -4.38. The summed E-state index contributed by atoms with van der Waals surface area (Å²) in [6, 6.07) is 0.621. The predicted molar refractivity (Wildman–Crippen MR) is 44.2 cm³/mol. The number of pyridine rings is 1. The summed E-state index contributed by atoms with van der Waals surface area (Å²) in [5.41, 5.74) is 0. The Bertz CT molecular complexity index is 397. The molecule has 0 saturated heterocycles. The fourth-order valence-corrected chi connectivity index (χ4v) is 0.969. The van der Waals surface area contributed by atoms with E-state index in [1.54, 1.807) is 0 Å². The summed E-state index contributed by atoms with van der Waals surface area (Å²) in [5, 5.41) is 0. The smallest absolute Gasteiger partial charge is 0.443 e. The molecule has 0 saturated carbocycles. The zero-order chi connectivity index (χ0) is 13.8. The van der Waals surface area contributed by atoms with E-state index in [0.717, 1.165) is 6.20 Å². The van der Waals surface area contributed by atoms with E-state index in [9.17, 15) is 26.3 Å². The second-order valence-electron chi connectivity index (χ2n) is 2.62. The van der Waals surface area contributed by atoms with E-state index in [-0.39, 0.29) is 0 Å². The summed E-state index contributed by atoms with van der Waals surface area (Å²) >= 11 is 0. The molecule has 10 heteroatoms. The van der Waals surface area contributed by atoms with E-state index in [1.165, 1.54) is 0 Å². The first kappa shape index (κ1) is 14.2. The maximum absolute atomic E-state index is 12.0. The number of hydrogen-bond acceptors (Lipinski definition) is 4. The molecule has 1 heterocycles. The summed E-state index contributed by atoms with van der Waals surface area (Å²) in [5.74, 6) is -3.12. The minimum absolute atomic E-state index is 0.621. The van der Waals surface area contributed by atoms with Gasteiger partial charge in [0.2, 0.25) is 12.6 Å². The van der Waals surface area contributed by atoms with Crippen molar-refractivity contribution < 1.29 is 40.6 Å². The van der Waals surface area contributed by atoms with Crippen LogP contribution < -0.4 is 14.2 Å². The SMILES string of the molecule is FCOc1nccc(OC(F)(F)F)c1OC(F)F. The highest BCUT2D eigenvalue weighted by Crippen LogP contribution is 2.39. The molecular formula is C8H5F6NO3. The maximum Gasteiger partial charge on any atom is 0.573 e. The molecule has 1 aromatic rings. The lowest BCUT2D eigenvalue weighted by atomic mass is 10.4. The van der Waals surface area contributed by atoms with Gasteiger partial charge in [-0.2, -0.15) is 8.78 Å². The molecule has 0 fully saturated rings. The van der Waals surface area contributed by atoms with Gasteiger partial charge < -0.3 is 14.2 Å². The normalized spacial score (nSPS) is 11.5. The fraction of sp³-hybridized carbons (Fsp3) is 0.375. The molecule has 0 aromatic carbocycles. The van der Waals surface area contributed by atoms with Crippen LogP contribution in [0.5, 0.6) is 17.4 Å². The Labute approximate surface area is 96.1 Å². The van der Waals surface area contributed by atoms with Crippen molar-refractivity contribution >= 4 is 0 Å². The molecule has 1 rings (SSSR count). The minimum Gasteiger partial charge on any atom is -0.443 e. The quantitative estimate of drug-likeness (QED) is 0.776. The second kappa shape index (κ2) is 5.65. The first-order valence-corrected chi connectivity index (χ1v) is 4.22. The second-order valence-corrected chi connectivity index (χ2v) is 2.62. The van der Waals surface area contributed by atoms with Crippen molar-refractivity contribution in [2.45, 2.75) is 13.0 Å². The average Bonchev–Trinajstić information content (AvgIpc) is 2.20. The van der Waals surface area contributed by atoms with Gasteiger partial charge in [0, 0.05) is 12.3 Å². The first-order valence-electron chi connectivity index (χ1n) is 4.22. The third-order valence-electron chi connectivity index (χ3n) is 1.46. The highest BCUT2D eigenvalue weighted by molar-refractivity contribution is 5.46. The largest absolute Gasteiger partial charge is 0.573 e. The van der Waals surface area contributed by atoms with Gasteiger partial charge in [-0.05, 0) is 0 Å². The van der Waals surface area contributed by atoms with E-state index >= 15 is 0 Å². The van der Waals surface area contributed by atoms with Gasteiger partial charge in [-0.15, -0.1) is 13.2 Å². The molecule has 0 aliphatic heterocycles. The van der Waals surface area contributed by atoms with E-state index in [2.05, 4.69) is 19.2 Å². The van der Waals surface area contributed by atoms with E-state index in [4.69, 9.17) is 0 Å². The van der Waals surface area contributed by atoms with Crippen LogP contribution in [0.4, 0.5) is 26.3 Å². The molecule has 0 N–H and O–H groups in total. The van der Waals surface area contributed by atoms with Gasteiger partial charge in [0.25, 0.3) is 5.88 Å². The molecule has 0 amide bonds. The van der Waals surface area contributed by atoms with Gasteiger partial charge in [-0.25, -0.2) is 9.37 Å². The standard InChI is InChI=1S/C8H5F6NO3/c9-3-16-6-5(17-7(10)11)4(1-2-15-6)18-8(12,13)14/h1-2,7H,3H2.